The molecule has 7 heteroatoms. The van der Waals surface area contributed by atoms with E-state index >= 15 is 0 Å². The third kappa shape index (κ3) is 2.99. The van der Waals surface area contributed by atoms with Gasteiger partial charge in [0, 0.05) is 32.2 Å². The molecule has 1 atom stereocenters. The van der Waals surface area contributed by atoms with Crippen molar-refractivity contribution in [1.82, 2.24) is 9.97 Å². The predicted molar refractivity (Wildman–Crippen MR) is 112 cm³/mol. The number of hydrogen-bond acceptors (Lipinski definition) is 5. The summed E-state index contributed by atoms with van der Waals surface area (Å²) < 4.78 is 0. The van der Waals surface area contributed by atoms with Gasteiger partial charge in [0.1, 0.15) is 0 Å². The van der Waals surface area contributed by atoms with Crippen molar-refractivity contribution >= 4 is 40.2 Å². The van der Waals surface area contributed by atoms with E-state index in [2.05, 4.69) is 5.32 Å². The van der Waals surface area contributed by atoms with Crippen LogP contribution in [0.1, 0.15) is 24.3 Å². The lowest BCUT2D eigenvalue weighted by molar-refractivity contribution is -0.124. The summed E-state index contributed by atoms with van der Waals surface area (Å²) in [6.45, 7) is 1.33. The quantitative estimate of drug-likeness (QED) is 0.695. The van der Waals surface area contributed by atoms with E-state index in [1.807, 2.05) is 60.5 Å². The second-order valence-corrected chi connectivity index (χ2v) is 7.52. The molecule has 1 aromatic heterocycles. The minimum absolute atomic E-state index is 0.103. The Labute approximate surface area is 168 Å². The number of anilines is 3. The molecule has 2 aliphatic rings. The van der Waals surface area contributed by atoms with E-state index in [1.165, 1.54) is 0 Å². The van der Waals surface area contributed by atoms with Crippen molar-refractivity contribution in [2.24, 2.45) is 0 Å². The van der Waals surface area contributed by atoms with Gasteiger partial charge >= 0.3 is 0 Å². The van der Waals surface area contributed by atoms with Gasteiger partial charge in [0.2, 0.25) is 11.8 Å². The van der Waals surface area contributed by atoms with Gasteiger partial charge in [-0.25, -0.2) is 9.97 Å². The number of fused-ring (bicyclic) bond motifs is 3. The van der Waals surface area contributed by atoms with Crippen molar-refractivity contribution in [2.75, 3.05) is 35.3 Å². The van der Waals surface area contributed by atoms with Crippen molar-refractivity contribution in [2.45, 2.75) is 18.8 Å². The Kier molecular flexibility index (Phi) is 4.16. The third-order valence-corrected chi connectivity index (χ3v) is 5.59. The van der Waals surface area contributed by atoms with Crippen molar-refractivity contribution in [3.8, 4) is 0 Å². The van der Waals surface area contributed by atoms with E-state index in [0.29, 0.717) is 23.9 Å². The minimum Gasteiger partial charge on any atom is -0.357 e. The van der Waals surface area contributed by atoms with E-state index < -0.39 is 5.92 Å². The van der Waals surface area contributed by atoms with Crippen LogP contribution in [0.4, 0.5) is 17.3 Å². The number of carbonyl (C=O) groups is 2. The summed E-state index contributed by atoms with van der Waals surface area (Å²) in [6, 6.07) is 15.2. The molecule has 1 unspecified atom stereocenters. The molecule has 3 heterocycles. The van der Waals surface area contributed by atoms with Crippen molar-refractivity contribution in [3.05, 3.63) is 54.1 Å². The number of para-hydroxylation sites is 3. The molecule has 1 N–H and O–H groups in total. The van der Waals surface area contributed by atoms with Crippen LogP contribution in [0.3, 0.4) is 0 Å². The van der Waals surface area contributed by atoms with Crippen molar-refractivity contribution in [3.63, 3.8) is 0 Å². The number of rotatable bonds is 1. The van der Waals surface area contributed by atoms with Gasteiger partial charge in [-0.15, -0.1) is 0 Å². The average molecular weight is 387 g/mol. The largest absolute Gasteiger partial charge is 0.357 e. The van der Waals surface area contributed by atoms with Crippen LogP contribution in [0.5, 0.6) is 0 Å². The lowest BCUT2D eigenvalue weighted by Gasteiger charge is -2.30. The molecule has 2 amide bonds. The SMILES string of the molecule is CN1CCCN(C(=O)C2CC(=O)Nc3ccccc32)c2nc3ccccc3nc21. The van der Waals surface area contributed by atoms with Gasteiger partial charge in [-0.2, -0.15) is 0 Å². The molecule has 7 nitrogen and oxygen atoms in total. The Morgan fingerprint density at radius 3 is 2.48 bits per heavy atom. The number of amides is 2. The van der Waals surface area contributed by atoms with Crippen LogP contribution in [-0.2, 0) is 9.59 Å². The maximum atomic E-state index is 13.7. The molecule has 2 aliphatic heterocycles. The monoisotopic (exact) mass is 387 g/mol. The maximum Gasteiger partial charge on any atom is 0.236 e. The first-order valence-corrected chi connectivity index (χ1v) is 9.80. The Bertz CT molecular complexity index is 1130. The molecule has 146 valence electrons. The van der Waals surface area contributed by atoms with E-state index in [9.17, 15) is 9.59 Å². The fourth-order valence-corrected chi connectivity index (χ4v) is 4.13. The van der Waals surface area contributed by atoms with Gasteiger partial charge in [0.05, 0.1) is 17.0 Å². The minimum atomic E-state index is -0.524. The first kappa shape index (κ1) is 17.6. The molecule has 2 aromatic carbocycles. The van der Waals surface area contributed by atoms with E-state index in [-0.39, 0.29) is 18.2 Å². The molecule has 0 spiro atoms. The standard InChI is InChI=1S/C22H21N5O2/c1-26-11-6-12-27(21-20(26)24-17-9-4-5-10-18(17)25-21)22(29)15-13-19(28)23-16-8-3-2-7-14(15)16/h2-5,7-10,15H,6,11-13H2,1H3,(H,23,28). The molecule has 0 saturated heterocycles. The Morgan fingerprint density at radius 2 is 1.69 bits per heavy atom. The third-order valence-electron chi connectivity index (χ3n) is 5.59. The lowest BCUT2D eigenvalue weighted by atomic mass is 9.89. The Hall–Kier alpha value is -3.48. The summed E-state index contributed by atoms with van der Waals surface area (Å²) in [6.07, 6.45) is 0.940. The predicted octanol–water partition coefficient (Wildman–Crippen LogP) is 2.93. The van der Waals surface area contributed by atoms with Crippen LogP contribution in [0.2, 0.25) is 0 Å². The zero-order chi connectivity index (χ0) is 20.0. The topological polar surface area (TPSA) is 78.4 Å². The van der Waals surface area contributed by atoms with Gasteiger partial charge in [-0.1, -0.05) is 30.3 Å². The van der Waals surface area contributed by atoms with Gasteiger partial charge in [0.15, 0.2) is 11.6 Å². The van der Waals surface area contributed by atoms with Crippen molar-refractivity contribution in [1.29, 1.82) is 0 Å². The Balaban J connectivity index is 1.61. The lowest BCUT2D eigenvalue weighted by Crippen LogP contribution is -2.39. The zero-order valence-electron chi connectivity index (χ0n) is 16.1. The van der Waals surface area contributed by atoms with Gasteiger partial charge in [-0.3, -0.25) is 14.5 Å². The average Bonchev–Trinajstić information content (AvgIpc) is 2.89. The van der Waals surface area contributed by atoms with E-state index in [1.54, 1.807) is 4.90 Å². The summed E-state index contributed by atoms with van der Waals surface area (Å²) in [5.74, 6) is 0.497. The first-order chi connectivity index (χ1) is 14.1. The number of hydrogen-bond donors (Lipinski definition) is 1. The molecule has 3 aromatic rings. The number of carbonyl (C=O) groups excluding carboxylic acids is 2. The number of aromatic nitrogens is 2. The highest BCUT2D eigenvalue weighted by Crippen LogP contribution is 2.37. The molecule has 5 rings (SSSR count). The highest BCUT2D eigenvalue weighted by atomic mass is 16.2. The van der Waals surface area contributed by atoms with E-state index in [0.717, 1.165) is 29.6 Å². The van der Waals surface area contributed by atoms with Crippen LogP contribution >= 0.6 is 0 Å². The van der Waals surface area contributed by atoms with Crippen LogP contribution < -0.4 is 15.1 Å². The van der Waals surface area contributed by atoms with Gasteiger partial charge < -0.3 is 10.2 Å². The summed E-state index contributed by atoms with van der Waals surface area (Å²) in [5.41, 5.74) is 3.11. The smallest absolute Gasteiger partial charge is 0.236 e. The first-order valence-electron chi connectivity index (χ1n) is 9.80. The fraction of sp³-hybridized carbons (Fsp3) is 0.273. The summed E-state index contributed by atoms with van der Waals surface area (Å²) in [4.78, 5) is 39.3. The summed E-state index contributed by atoms with van der Waals surface area (Å²) in [5, 5.41) is 2.86. The molecular formula is C22H21N5O2. The van der Waals surface area contributed by atoms with Gasteiger partial charge in [-0.05, 0) is 30.2 Å². The van der Waals surface area contributed by atoms with Crippen LogP contribution in [-0.4, -0.2) is 41.9 Å². The molecular weight excluding hydrogens is 366 g/mol. The number of nitrogens with one attached hydrogen (secondary N) is 1. The van der Waals surface area contributed by atoms with Gasteiger partial charge in [0.25, 0.3) is 0 Å². The number of nitrogens with zero attached hydrogens (tertiary/aromatic N) is 4. The zero-order valence-corrected chi connectivity index (χ0v) is 16.1. The summed E-state index contributed by atoms with van der Waals surface area (Å²) >= 11 is 0. The number of benzene rings is 2. The molecule has 0 fully saturated rings. The van der Waals surface area contributed by atoms with Crippen molar-refractivity contribution < 1.29 is 9.59 Å². The normalized spacial score (nSPS) is 18.7. The Morgan fingerprint density at radius 1 is 1.00 bits per heavy atom. The maximum absolute atomic E-state index is 13.7. The molecule has 0 bridgehead atoms. The second kappa shape index (κ2) is 6.84. The highest BCUT2D eigenvalue weighted by Gasteiger charge is 2.36. The van der Waals surface area contributed by atoms with Crippen LogP contribution in [0.25, 0.3) is 11.0 Å². The molecule has 0 saturated carbocycles. The second-order valence-electron chi connectivity index (χ2n) is 7.52. The molecule has 29 heavy (non-hydrogen) atoms. The highest BCUT2D eigenvalue weighted by molar-refractivity contribution is 6.07. The molecule has 0 radical (unpaired) electrons. The molecule has 0 aliphatic carbocycles. The van der Waals surface area contributed by atoms with Crippen LogP contribution in [0, 0.1) is 0 Å². The van der Waals surface area contributed by atoms with Crippen LogP contribution in [0.15, 0.2) is 48.5 Å². The van der Waals surface area contributed by atoms with E-state index in [4.69, 9.17) is 9.97 Å². The summed E-state index contributed by atoms with van der Waals surface area (Å²) in [7, 11) is 1.97. The fourth-order valence-electron chi connectivity index (χ4n) is 4.13.